The lowest BCUT2D eigenvalue weighted by atomic mass is 10.8. The van der Waals surface area contributed by atoms with Crippen LogP contribution < -0.4 is 0 Å². The monoisotopic (exact) mass is 250 g/mol. The van der Waals surface area contributed by atoms with Crippen LogP contribution in [0.25, 0.3) is 0 Å². The number of hydrogen-bond acceptors (Lipinski definition) is 6. The SMILES string of the molecule is CS(=O)(=S)OCCOS(C)(=O)=S. The first kappa shape index (κ1) is 12.7. The first-order chi connectivity index (χ1) is 5.21. The second-order valence-corrected chi connectivity index (χ2v) is 8.97. The standard InChI is InChI=1S/C4H10O4S4/c1-11(5,9)7-3-4-8-12(2,6)10/h3-4H2,1-2H3. The van der Waals surface area contributed by atoms with Crippen molar-refractivity contribution in [2.45, 2.75) is 0 Å². The molecule has 0 aromatic carbocycles. The third-order valence-electron chi connectivity index (χ3n) is 0.678. The van der Waals surface area contributed by atoms with Crippen molar-refractivity contribution in [2.75, 3.05) is 25.7 Å². The van der Waals surface area contributed by atoms with Crippen LogP contribution in [0.4, 0.5) is 0 Å². The van der Waals surface area contributed by atoms with Crippen LogP contribution in [0.3, 0.4) is 0 Å². The van der Waals surface area contributed by atoms with Crippen molar-refractivity contribution in [1.29, 1.82) is 0 Å². The fourth-order valence-electron chi connectivity index (χ4n) is 0.371. The van der Waals surface area contributed by atoms with E-state index < -0.39 is 17.5 Å². The van der Waals surface area contributed by atoms with Gasteiger partial charge < -0.3 is 0 Å². The molecule has 0 aromatic rings. The summed E-state index contributed by atoms with van der Waals surface area (Å²) in [4.78, 5) is 0. The maximum Gasteiger partial charge on any atom is 0.141 e. The first-order valence-electron chi connectivity index (χ1n) is 2.89. The van der Waals surface area contributed by atoms with Crippen LogP contribution in [-0.4, -0.2) is 34.1 Å². The van der Waals surface area contributed by atoms with E-state index in [2.05, 4.69) is 30.7 Å². The Kier molecular flexibility index (Phi) is 5.04. The lowest BCUT2D eigenvalue weighted by Crippen LogP contribution is -2.11. The van der Waals surface area contributed by atoms with Crippen molar-refractivity contribution >= 4 is 39.9 Å². The summed E-state index contributed by atoms with van der Waals surface area (Å²) in [5, 5.41) is 0. The van der Waals surface area contributed by atoms with Gasteiger partial charge in [0.1, 0.15) is 17.5 Å². The minimum atomic E-state index is -2.62. The molecule has 0 spiro atoms. The second-order valence-electron chi connectivity index (χ2n) is 2.05. The fourth-order valence-corrected chi connectivity index (χ4v) is 1.52. The molecular formula is C4H10O4S4. The lowest BCUT2D eigenvalue weighted by molar-refractivity contribution is 0.247. The third kappa shape index (κ3) is 10.7. The van der Waals surface area contributed by atoms with Gasteiger partial charge in [-0.3, -0.25) is 8.37 Å². The molecule has 0 amide bonds. The molecule has 0 aliphatic heterocycles. The Morgan fingerprint density at radius 3 is 1.42 bits per heavy atom. The van der Waals surface area contributed by atoms with E-state index in [1.54, 1.807) is 0 Å². The molecule has 0 radical (unpaired) electrons. The average Bonchev–Trinajstić information content (AvgIpc) is 1.76. The highest BCUT2D eigenvalue weighted by atomic mass is 32.8. The van der Waals surface area contributed by atoms with Gasteiger partial charge in [0.2, 0.25) is 0 Å². The molecule has 8 heteroatoms. The number of hydrogen-bond donors (Lipinski definition) is 0. The van der Waals surface area contributed by atoms with Crippen LogP contribution in [0.2, 0.25) is 0 Å². The van der Waals surface area contributed by atoms with Crippen LogP contribution in [0, 0.1) is 0 Å². The van der Waals surface area contributed by atoms with Gasteiger partial charge in [-0.2, -0.15) is 0 Å². The molecule has 0 fully saturated rings. The van der Waals surface area contributed by atoms with Gasteiger partial charge in [0.05, 0.1) is 13.2 Å². The molecule has 0 saturated heterocycles. The molecule has 0 heterocycles. The Labute approximate surface area is 82.4 Å². The molecule has 0 aliphatic rings. The zero-order chi connectivity index (χ0) is 9.83. The third-order valence-corrected chi connectivity index (χ3v) is 2.45. The number of rotatable bonds is 5. The summed E-state index contributed by atoms with van der Waals surface area (Å²) < 4.78 is 30.8. The van der Waals surface area contributed by atoms with Crippen molar-refractivity contribution in [3.05, 3.63) is 0 Å². The highest BCUT2D eigenvalue weighted by Gasteiger charge is 2.00. The zero-order valence-electron chi connectivity index (χ0n) is 6.68. The van der Waals surface area contributed by atoms with Crippen molar-refractivity contribution in [1.82, 2.24) is 0 Å². The van der Waals surface area contributed by atoms with Gasteiger partial charge in [-0.25, -0.2) is 8.42 Å². The van der Waals surface area contributed by atoms with E-state index in [1.165, 1.54) is 12.5 Å². The van der Waals surface area contributed by atoms with Gasteiger partial charge in [-0.05, 0) is 0 Å². The van der Waals surface area contributed by atoms with Gasteiger partial charge in [-0.15, -0.1) is 0 Å². The highest BCUT2D eigenvalue weighted by Crippen LogP contribution is 1.91. The molecule has 0 rings (SSSR count). The molecule has 0 bridgehead atoms. The van der Waals surface area contributed by atoms with Gasteiger partial charge in [-0.1, -0.05) is 0 Å². The summed E-state index contributed by atoms with van der Waals surface area (Å²) in [6.07, 6.45) is 2.58. The van der Waals surface area contributed by atoms with Crippen molar-refractivity contribution < 1.29 is 16.8 Å². The van der Waals surface area contributed by atoms with Gasteiger partial charge in [0, 0.05) is 34.9 Å². The molecule has 74 valence electrons. The summed E-state index contributed by atoms with van der Waals surface area (Å²) >= 11 is 8.89. The van der Waals surface area contributed by atoms with E-state index >= 15 is 0 Å². The lowest BCUT2D eigenvalue weighted by Gasteiger charge is -2.03. The molecule has 12 heavy (non-hydrogen) atoms. The molecule has 0 N–H and O–H groups in total. The van der Waals surface area contributed by atoms with Crippen LogP contribution >= 0.6 is 0 Å². The Bertz CT molecular complexity index is 279. The minimum absolute atomic E-state index is 0.0420. The smallest absolute Gasteiger partial charge is 0.141 e. The Hall–Kier alpha value is 0.660. The maximum absolute atomic E-state index is 10.8. The molecule has 0 aliphatic carbocycles. The second kappa shape index (κ2) is 4.77. The topological polar surface area (TPSA) is 52.6 Å². The molecule has 2 atom stereocenters. The Morgan fingerprint density at radius 1 is 1.00 bits per heavy atom. The van der Waals surface area contributed by atoms with E-state index in [-0.39, 0.29) is 13.2 Å². The molecule has 0 saturated carbocycles. The van der Waals surface area contributed by atoms with Crippen LogP contribution in [0.1, 0.15) is 0 Å². The van der Waals surface area contributed by atoms with E-state index in [1.807, 2.05) is 0 Å². The molecule has 2 unspecified atom stereocenters. The van der Waals surface area contributed by atoms with Crippen molar-refractivity contribution in [2.24, 2.45) is 0 Å². The Morgan fingerprint density at radius 2 is 1.25 bits per heavy atom. The first-order valence-corrected chi connectivity index (χ1v) is 8.53. The van der Waals surface area contributed by atoms with Gasteiger partial charge in [0.25, 0.3) is 0 Å². The quantitative estimate of drug-likeness (QED) is 0.619. The van der Waals surface area contributed by atoms with Crippen LogP contribution in [0.15, 0.2) is 0 Å². The fraction of sp³-hybridized carbons (Fsp3) is 1.00. The largest absolute Gasteiger partial charge is 0.288 e. The van der Waals surface area contributed by atoms with Gasteiger partial charge in [0.15, 0.2) is 0 Å². The van der Waals surface area contributed by atoms with Crippen LogP contribution in [-0.2, 0) is 48.3 Å². The summed E-state index contributed by atoms with van der Waals surface area (Å²) in [5.41, 5.74) is 0. The molecule has 0 aromatic heterocycles. The van der Waals surface area contributed by atoms with Gasteiger partial charge >= 0.3 is 0 Å². The predicted molar refractivity (Wildman–Crippen MR) is 54.8 cm³/mol. The summed E-state index contributed by atoms with van der Waals surface area (Å²) in [7, 11) is -5.23. The van der Waals surface area contributed by atoms with E-state index in [4.69, 9.17) is 0 Å². The maximum atomic E-state index is 10.8. The minimum Gasteiger partial charge on any atom is -0.288 e. The van der Waals surface area contributed by atoms with E-state index in [9.17, 15) is 8.42 Å². The van der Waals surface area contributed by atoms with E-state index in [0.717, 1.165) is 0 Å². The summed E-state index contributed by atoms with van der Waals surface area (Å²) in [6, 6.07) is 0. The average molecular weight is 250 g/mol. The summed E-state index contributed by atoms with van der Waals surface area (Å²) in [6.45, 7) is 0.0839. The summed E-state index contributed by atoms with van der Waals surface area (Å²) in [5.74, 6) is 0. The highest BCUT2D eigenvalue weighted by molar-refractivity contribution is 8.30. The molecule has 4 nitrogen and oxygen atoms in total. The van der Waals surface area contributed by atoms with E-state index in [0.29, 0.717) is 0 Å². The normalized spacial score (nSPS) is 21.2. The van der Waals surface area contributed by atoms with Crippen LogP contribution in [0.5, 0.6) is 0 Å². The zero-order valence-corrected chi connectivity index (χ0v) is 9.95. The van der Waals surface area contributed by atoms with Crippen molar-refractivity contribution in [3.63, 3.8) is 0 Å². The predicted octanol–water partition coefficient (Wildman–Crippen LogP) is -0.398. The Balaban J connectivity index is 3.62. The van der Waals surface area contributed by atoms with Crippen molar-refractivity contribution in [3.8, 4) is 0 Å². The molecular weight excluding hydrogens is 240 g/mol.